The van der Waals surface area contributed by atoms with Gasteiger partial charge in [0.1, 0.15) is 17.6 Å². The van der Waals surface area contributed by atoms with Gasteiger partial charge in [-0.1, -0.05) is 0 Å². The van der Waals surface area contributed by atoms with Crippen molar-refractivity contribution in [3.05, 3.63) is 32.7 Å². The fourth-order valence-electron chi connectivity index (χ4n) is 2.51. The summed E-state index contributed by atoms with van der Waals surface area (Å²) in [5.74, 6) is -2.60. The fourth-order valence-corrected chi connectivity index (χ4v) is 2.51. The number of nitrogens with one attached hydrogen (secondary N) is 1. The Morgan fingerprint density at radius 3 is 2.32 bits per heavy atom. The summed E-state index contributed by atoms with van der Waals surface area (Å²) in [6.07, 6.45) is 0. The number of carboxylic acid groups (broad SMARTS) is 1. The van der Waals surface area contributed by atoms with Gasteiger partial charge >= 0.3 is 5.97 Å². The molecule has 0 aromatic carbocycles. The minimum absolute atomic E-state index is 0.359. The van der Waals surface area contributed by atoms with E-state index in [0.29, 0.717) is 5.52 Å². The second-order valence-corrected chi connectivity index (χ2v) is 5.12. The molecule has 0 atom stereocenters. The first-order valence-electron chi connectivity index (χ1n) is 6.58. The molecule has 8 heteroatoms. The van der Waals surface area contributed by atoms with E-state index in [2.05, 4.69) is 5.32 Å². The first-order valence-corrected chi connectivity index (χ1v) is 6.58. The third-order valence-corrected chi connectivity index (χ3v) is 3.89. The molecule has 118 valence electrons. The molecule has 22 heavy (non-hydrogen) atoms. The predicted molar refractivity (Wildman–Crippen MR) is 78.5 cm³/mol. The fraction of sp³-hybridized carbons (Fsp3) is 0.357. The Balaban J connectivity index is 2.77. The molecule has 1 amide bonds. The van der Waals surface area contributed by atoms with Crippen LogP contribution >= 0.6 is 0 Å². The number of nitrogens with zero attached hydrogens (tertiary/aromatic N) is 2. The van der Waals surface area contributed by atoms with E-state index in [9.17, 15) is 19.5 Å². The topological polar surface area (TPSA) is 113 Å². The highest BCUT2D eigenvalue weighted by atomic mass is 16.4. The van der Waals surface area contributed by atoms with Crippen molar-refractivity contribution >= 4 is 17.4 Å². The van der Waals surface area contributed by atoms with Crippen LogP contribution in [0.3, 0.4) is 0 Å². The van der Waals surface area contributed by atoms with Crippen molar-refractivity contribution in [2.45, 2.75) is 20.8 Å². The smallest absolute Gasteiger partial charge is 0.322 e. The standard InChI is InChI=1S/C14H17N3O5/c1-6-7(2)11-12(20)10(13(21)15-5-9(18)19)14(22)16(4)17(11)8(6)3/h20H,5H2,1-4H3,(H,15,21)(H,18,19). The summed E-state index contributed by atoms with van der Waals surface area (Å²) >= 11 is 0. The van der Waals surface area contributed by atoms with Gasteiger partial charge in [-0.3, -0.25) is 18.9 Å². The average Bonchev–Trinajstić information content (AvgIpc) is 2.67. The Kier molecular flexibility index (Phi) is 3.70. The number of rotatable bonds is 3. The van der Waals surface area contributed by atoms with Crippen LogP contribution in [0.5, 0.6) is 5.75 Å². The van der Waals surface area contributed by atoms with Gasteiger partial charge in [0.15, 0.2) is 5.75 Å². The average molecular weight is 307 g/mol. The Hall–Kier alpha value is -2.77. The van der Waals surface area contributed by atoms with Gasteiger partial charge in [-0.2, -0.15) is 0 Å². The minimum Gasteiger partial charge on any atom is -0.505 e. The van der Waals surface area contributed by atoms with Crippen LogP contribution in [-0.4, -0.2) is 37.8 Å². The van der Waals surface area contributed by atoms with Crippen molar-refractivity contribution in [1.29, 1.82) is 0 Å². The van der Waals surface area contributed by atoms with Crippen molar-refractivity contribution in [3.63, 3.8) is 0 Å². The van der Waals surface area contributed by atoms with Gasteiger partial charge < -0.3 is 15.5 Å². The molecule has 0 spiro atoms. The van der Waals surface area contributed by atoms with Gasteiger partial charge in [-0.15, -0.1) is 0 Å². The molecule has 0 aliphatic carbocycles. The SMILES string of the molecule is Cc1c(C)c2c(O)c(C(=O)NCC(=O)O)c(=O)n(C)n2c1C. The Bertz CT molecular complexity index is 860. The van der Waals surface area contributed by atoms with Crippen LogP contribution in [-0.2, 0) is 11.8 Å². The highest BCUT2D eigenvalue weighted by Crippen LogP contribution is 2.29. The second-order valence-electron chi connectivity index (χ2n) is 5.12. The molecule has 2 aromatic rings. The molecule has 0 unspecified atom stereocenters. The van der Waals surface area contributed by atoms with Crippen LogP contribution in [0.1, 0.15) is 27.2 Å². The summed E-state index contributed by atoms with van der Waals surface area (Å²) in [7, 11) is 1.48. The van der Waals surface area contributed by atoms with Crippen LogP contribution in [0, 0.1) is 20.8 Å². The maximum Gasteiger partial charge on any atom is 0.322 e. The Morgan fingerprint density at radius 2 is 1.77 bits per heavy atom. The predicted octanol–water partition coefficient (Wildman–Crippen LogP) is 0.0833. The number of aromatic hydroxyl groups is 1. The molecule has 0 bridgehead atoms. The molecule has 0 aliphatic rings. The van der Waals surface area contributed by atoms with E-state index in [1.54, 1.807) is 13.8 Å². The largest absolute Gasteiger partial charge is 0.505 e. The molecule has 2 rings (SSSR count). The second kappa shape index (κ2) is 5.21. The van der Waals surface area contributed by atoms with E-state index in [1.807, 2.05) is 6.92 Å². The van der Waals surface area contributed by atoms with Gasteiger partial charge in [-0.25, -0.2) is 4.68 Å². The first kappa shape index (κ1) is 15.6. The summed E-state index contributed by atoms with van der Waals surface area (Å²) in [5, 5.41) is 21.1. The summed E-state index contributed by atoms with van der Waals surface area (Å²) in [6.45, 7) is 4.80. The zero-order valence-corrected chi connectivity index (χ0v) is 12.7. The van der Waals surface area contributed by atoms with Crippen molar-refractivity contribution in [3.8, 4) is 5.75 Å². The highest BCUT2D eigenvalue weighted by Gasteiger charge is 2.25. The molecular formula is C14H17N3O5. The Labute approximate surface area is 125 Å². The number of aryl methyl sites for hydroxylation is 3. The molecule has 0 aliphatic heterocycles. The zero-order valence-electron chi connectivity index (χ0n) is 12.7. The van der Waals surface area contributed by atoms with E-state index in [4.69, 9.17) is 5.11 Å². The van der Waals surface area contributed by atoms with Crippen molar-refractivity contribution < 1.29 is 19.8 Å². The van der Waals surface area contributed by atoms with E-state index in [0.717, 1.165) is 16.8 Å². The third kappa shape index (κ3) is 2.12. The van der Waals surface area contributed by atoms with E-state index < -0.39 is 35.3 Å². The lowest BCUT2D eigenvalue weighted by Gasteiger charge is -2.12. The first-order chi connectivity index (χ1) is 10.2. The quantitative estimate of drug-likeness (QED) is 0.743. The van der Waals surface area contributed by atoms with Crippen LogP contribution < -0.4 is 10.9 Å². The maximum atomic E-state index is 12.3. The van der Waals surface area contributed by atoms with E-state index >= 15 is 0 Å². The normalized spacial score (nSPS) is 10.9. The van der Waals surface area contributed by atoms with Crippen molar-refractivity contribution in [2.24, 2.45) is 7.05 Å². The van der Waals surface area contributed by atoms with Crippen LogP contribution in [0.25, 0.3) is 5.52 Å². The molecule has 2 heterocycles. The molecule has 0 fully saturated rings. The van der Waals surface area contributed by atoms with Gasteiger partial charge in [0.05, 0.1) is 0 Å². The number of carbonyl (C=O) groups is 2. The molecule has 8 nitrogen and oxygen atoms in total. The van der Waals surface area contributed by atoms with Crippen LogP contribution in [0.15, 0.2) is 4.79 Å². The van der Waals surface area contributed by atoms with Gasteiger partial charge in [-0.05, 0) is 31.9 Å². The van der Waals surface area contributed by atoms with Gasteiger partial charge in [0.2, 0.25) is 0 Å². The monoisotopic (exact) mass is 307 g/mol. The summed E-state index contributed by atoms with van der Waals surface area (Å²) in [5.41, 5.74) is 1.62. The van der Waals surface area contributed by atoms with Crippen molar-refractivity contribution in [2.75, 3.05) is 6.54 Å². The maximum absolute atomic E-state index is 12.3. The number of fused-ring (bicyclic) bond motifs is 1. The van der Waals surface area contributed by atoms with Gasteiger partial charge in [0.25, 0.3) is 11.5 Å². The molecular weight excluding hydrogens is 290 g/mol. The molecule has 2 aromatic heterocycles. The summed E-state index contributed by atoms with van der Waals surface area (Å²) in [4.78, 5) is 34.9. The van der Waals surface area contributed by atoms with Crippen LogP contribution in [0.2, 0.25) is 0 Å². The molecule has 0 saturated heterocycles. The molecule has 3 N–H and O–H groups in total. The summed E-state index contributed by atoms with van der Waals surface area (Å²) < 4.78 is 2.76. The number of hydrogen-bond acceptors (Lipinski definition) is 4. The highest BCUT2D eigenvalue weighted by molar-refractivity contribution is 6.00. The Morgan fingerprint density at radius 1 is 1.18 bits per heavy atom. The number of hydrogen-bond donors (Lipinski definition) is 3. The van der Waals surface area contributed by atoms with E-state index in [-0.39, 0.29) is 0 Å². The number of aliphatic carboxylic acids is 1. The lowest BCUT2D eigenvalue weighted by atomic mass is 10.1. The number of amides is 1. The van der Waals surface area contributed by atoms with Gasteiger partial charge in [0, 0.05) is 12.7 Å². The number of carbonyl (C=O) groups excluding carboxylic acids is 1. The lowest BCUT2D eigenvalue weighted by Crippen LogP contribution is -2.36. The van der Waals surface area contributed by atoms with Crippen molar-refractivity contribution in [1.82, 2.24) is 14.5 Å². The lowest BCUT2D eigenvalue weighted by molar-refractivity contribution is -0.135. The summed E-state index contributed by atoms with van der Waals surface area (Å²) in [6, 6.07) is 0. The minimum atomic E-state index is -1.24. The van der Waals surface area contributed by atoms with Crippen LogP contribution in [0.4, 0.5) is 0 Å². The molecule has 0 saturated carbocycles. The third-order valence-electron chi connectivity index (χ3n) is 3.89. The number of carboxylic acids is 1. The number of aromatic nitrogens is 2. The zero-order chi connectivity index (χ0) is 16.8. The molecule has 0 radical (unpaired) electrons. The van der Waals surface area contributed by atoms with E-state index in [1.165, 1.54) is 16.2 Å².